The Morgan fingerprint density at radius 3 is 2.67 bits per heavy atom. The summed E-state index contributed by atoms with van der Waals surface area (Å²) in [6, 6.07) is 5.82. The number of likely N-dealkylation sites (tertiary alicyclic amines) is 1. The molecule has 24 heavy (non-hydrogen) atoms. The molecule has 0 saturated carbocycles. The third-order valence-corrected chi connectivity index (χ3v) is 4.24. The lowest BCUT2D eigenvalue weighted by atomic mass is 10.0. The van der Waals surface area contributed by atoms with Crippen LogP contribution in [0.5, 0.6) is 0 Å². The summed E-state index contributed by atoms with van der Waals surface area (Å²) in [5.74, 6) is -0.316. The van der Waals surface area contributed by atoms with Crippen molar-refractivity contribution in [3.05, 3.63) is 35.6 Å². The van der Waals surface area contributed by atoms with Crippen LogP contribution in [0, 0.1) is 5.82 Å². The van der Waals surface area contributed by atoms with E-state index in [0.29, 0.717) is 25.1 Å². The summed E-state index contributed by atoms with van der Waals surface area (Å²) >= 11 is 0. The molecule has 4 nitrogen and oxygen atoms in total. The van der Waals surface area contributed by atoms with Crippen LogP contribution < -0.4 is 0 Å². The van der Waals surface area contributed by atoms with Crippen LogP contribution in [-0.2, 0) is 4.74 Å². The Morgan fingerprint density at radius 1 is 1.38 bits per heavy atom. The monoisotopic (exact) mass is 337 g/mol. The lowest BCUT2D eigenvalue weighted by Crippen LogP contribution is -2.40. The summed E-state index contributed by atoms with van der Waals surface area (Å²) in [6.45, 7) is 7.56. The first-order valence-electron chi connectivity index (χ1n) is 8.59. The number of benzene rings is 1. The van der Waals surface area contributed by atoms with E-state index in [9.17, 15) is 14.3 Å². The second-order valence-corrected chi connectivity index (χ2v) is 7.50. The van der Waals surface area contributed by atoms with Crippen LogP contribution in [0.4, 0.5) is 4.39 Å². The zero-order valence-electron chi connectivity index (χ0n) is 14.8. The van der Waals surface area contributed by atoms with Crippen molar-refractivity contribution >= 4 is 5.78 Å². The Kier molecular flexibility index (Phi) is 6.49. The highest BCUT2D eigenvalue weighted by atomic mass is 19.1. The molecule has 1 heterocycles. The number of aliphatic hydroxyl groups is 1. The Hall–Kier alpha value is -1.30. The molecular formula is C19H28FNO3. The first-order chi connectivity index (χ1) is 11.2. The van der Waals surface area contributed by atoms with Gasteiger partial charge in [-0.05, 0) is 64.4 Å². The van der Waals surface area contributed by atoms with Crippen LogP contribution >= 0.6 is 0 Å². The number of carbonyl (C=O) groups excluding carboxylic acids is 1. The molecular weight excluding hydrogens is 309 g/mol. The Balaban J connectivity index is 1.86. The Morgan fingerprint density at radius 2 is 2.04 bits per heavy atom. The third-order valence-electron chi connectivity index (χ3n) is 4.24. The van der Waals surface area contributed by atoms with Crippen molar-refractivity contribution in [2.75, 3.05) is 19.7 Å². The summed E-state index contributed by atoms with van der Waals surface area (Å²) in [5, 5.41) is 10.2. The average molecular weight is 337 g/mol. The van der Waals surface area contributed by atoms with Crippen molar-refractivity contribution in [3.63, 3.8) is 0 Å². The van der Waals surface area contributed by atoms with Gasteiger partial charge >= 0.3 is 0 Å². The molecule has 1 N–H and O–H groups in total. The van der Waals surface area contributed by atoms with Crippen LogP contribution in [0.3, 0.4) is 0 Å². The fourth-order valence-electron chi connectivity index (χ4n) is 3.00. The van der Waals surface area contributed by atoms with Gasteiger partial charge in [-0.25, -0.2) is 4.39 Å². The van der Waals surface area contributed by atoms with Gasteiger partial charge in [-0.3, -0.25) is 9.69 Å². The van der Waals surface area contributed by atoms with E-state index in [0.717, 1.165) is 19.4 Å². The number of rotatable bonds is 7. The molecule has 2 atom stereocenters. The number of ketones is 1. The molecule has 1 aliphatic heterocycles. The number of β-amino-alcohol motifs (C(OH)–C–C–N with tert-alkyl or cyclic N) is 1. The largest absolute Gasteiger partial charge is 0.389 e. The highest BCUT2D eigenvalue weighted by Gasteiger charge is 2.28. The van der Waals surface area contributed by atoms with Gasteiger partial charge in [0.05, 0.1) is 18.3 Å². The maximum absolute atomic E-state index is 13.0. The Labute approximate surface area is 143 Å². The Bertz CT molecular complexity index is 539. The minimum Gasteiger partial charge on any atom is -0.389 e. The number of Topliss-reactive ketones (excluding diaryl/α,β-unsaturated/α-hetero) is 1. The normalized spacial score (nSPS) is 20.3. The maximum atomic E-state index is 13.0. The molecule has 1 saturated heterocycles. The van der Waals surface area contributed by atoms with Gasteiger partial charge in [0.25, 0.3) is 0 Å². The number of hydrogen-bond donors (Lipinski definition) is 1. The van der Waals surface area contributed by atoms with Gasteiger partial charge in [0, 0.05) is 24.6 Å². The highest BCUT2D eigenvalue weighted by molar-refractivity contribution is 5.96. The zero-order valence-corrected chi connectivity index (χ0v) is 14.8. The van der Waals surface area contributed by atoms with E-state index >= 15 is 0 Å². The van der Waals surface area contributed by atoms with Crippen LogP contribution in [0.25, 0.3) is 0 Å². The third kappa shape index (κ3) is 5.96. The molecule has 0 radical (unpaired) electrons. The molecule has 0 aromatic heterocycles. The predicted molar refractivity (Wildman–Crippen MR) is 91.7 cm³/mol. The molecule has 5 heteroatoms. The topological polar surface area (TPSA) is 49.8 Å². The fourth-order valence-corrected chi connectivity index (χ4v) is 3.00. The van der Waals surface area contributed by atoms with E-state index < -0.39 is 6.10 Å². The molecule has 1 fully saturated rings. The molecule has 0 aliphatic carbocycles. The van der Waals surface area contributed by atoms with Crippen LogP contribution in [0.15, 0.2) is 24.3 Å². The average Bonchev–Trinajstić information content (AvgIpc) is 2.92. The molecule has 134 valence electrons. The molecule has 1 aromatic rings. The maximum Gasteiger partial charge on any atom is 0.164 e. The summed E-state index contributed by atoms with van der Waals surface area (Å²) in [4.78, 5) is 14.5. The second kappa shape index (κ2) is 8.19. The first-order valence-corrected chi connectivity index (χ1v) is 8.59. The molecule has 2 unspecified atom stereocenters. The quantitative estimate of drug-likeness (QED) is 0.777. The van der Waals surface area contributed by atoms with Crippen molar-refractivity contribution in [2.24, 2.45) is 0 Å². The van der Waals surface area contributed by atoms with E-state index in [1.807, 2.05) is 20.8 Å². The number of carbonyl (C=O) groups is 1. The van der Waals surface area contributed by atoms with Crippen LogP contribution in [0.2, 0.25) is 0 Å². The van der Waals surface area contributed by atoms with Gasteiger partial charge in [-0.15, -0.1) is 0 Å². The summed E-state index contributed by atoms with van der Waals surface area (Å²) < 4.78 is 18.6. The van der Waals surface area contributed by atoms with Crippen molar-refractivity contribution in [1.82, 2.24) is 4.90 Å². The summed E-state index contributed by atoms with van der Waals surface area (Å²) in [5.41, 5.74) is 0.268. The van der Waals surface area contributed by atoms with E-state index in [2.05, 4.69) is 4.90 Å². The van der Waals surface area contributed by atoms with Gasteiger partial charge in [0.15, 0.2) is 5.78 Å². The summed E-state index contributed by atoms with van der Waals surface area (Å²) in [7, 11) is 0. The molecule has 1 aromatic carbocycles. The second-order valence-electron chi connectivity index (χ2n) is 7.50. The predicted octanol–water partition coefficient (Wildman–Crippen LogP) is 3.04. The highest BCUT2D eigenvalue weighted by Crippen LogP contribution is 2.22. The van der Waals surface area contributed by atoms with Crippen molar-refractivity contribution in [3.8, 4) is 0 Å². The number of aliphatic hydroxyl groups excluding tert-OH is 1. The molecule has 1 aliphatic rings. The van der Waals surface area contributed by atoms with Crippen molar-refractivity contribution in [1.29, 1.82) is 0 Å². The molecule has 0 amide bonds. The van der Waals surface area contributed by atoms with Crippen molar-refractivity contribution in [2.45, 2.75) is 57.8 Å². The standard InChI is InChI=1S/C19H28FNO3/c1-19(2,3)24-13-17(22)12-21-10-4-5-16(21)11-18(23)14-6-8-15(20)9-7-14/h6-9,16-17,22H,4-5,10-13H2,1-3H3. The van der Waals surface area contributed by atoms with Gasteiger partial charge in [-0.1, -0.05) is 0 Å². The number of ether oxygens (including phenoxy) is 1. The van der Waals surface area contributed by atoms with E-state index in [-0.39, 0.29) is 23.2 Å². The fraction of sp³-hybridized carbons (Fsp3) is 0.632. The minimum absolute atomic E-state index is 0.0207. The molecule has 0 spiro atoms. The molecule has 0 bridgehead atoms. The zero-order chi connectivity index (χ0) is 17.7. The number of nitrogens with zero attached hydrogens (tertiary/aromatic N) is 1. The minimum atomic E-state index is -0.564. The lowest BCUT2D eigenvalue weighted by molar-refractivity contribution is -0.0568. The number of hydrogen-bond acceptors (Lipinski definition) is 4. The van der Waals surface area contributed by atoms with Gasteiger partial charge in [0.2, 0.25) is 0 Å². The van der Waals surface area contributed by atoms with Crippen LogP contribution in [-0.4, -0.2) is 53.2 Å². The van der Waals surface area contributed by atoms with Gasteiger partial charge < -0.3 is 9.84 Å². The first kappa shape index (κ1) is 19.0. The van der Waals surface area contributed by atoms with E-state index in [4.69, 9.17) is 4.74 Å². The van der Waals surface area contributed by atoms with Crippen molar-refractivity contribution < 1.29 is 19.0 Å². The lowest BCUT2D eigenvalue weighted by Gasteiger charge is -2.28. The van der Waals surface area contributed by atoms with E-state index in [1.165, 1.54) is 24.3 Å². The number of halogens is 1. The van der Waals surface area contributed by atoms with Crippen LogP contribution in [0.1, 0.15) is 50.4 Å². The van der Waals surface area contributed by atoms with Gasteiger partial charge in [-0.2, -0.15) is 0 Å². The smallest absolute Gasteiger partial charge is 0.164 e. The summed E-state index contributed by atoms with van der Waals surface area (Å²) in [6.07, 6.45) is 1.80. The van der Waals surface area contributed by atoms with Gasteiger partial charge in [0.1, 0.15) is 5.82 Å². The SMILES string of the molecule is CC(C)(C)OCC(O)CN1CCCC1CC(=O)c1ccc(F)cc1. The molecule has 2 rings (SSSR count). The van der Waals surface area contributed by atoms with E-state index in [1.54, 1.807) is 0 Å².